The standard InChI is InChI=1S/C29H23N5O2S2/c1-4-37-20-8-6-19(7-9-20)24-10-11-25-28(32-24)38-29(33-25)34-27(35)23-16-31-17(2)13-21(23)22-14-18(15-30)5-12-26(22)36-3/h5-14,16H,4H2,1-3H3,(H,33,34,35). The Morgan fingerprint density at radius 3 is 2.63 bits per heavy atom. The van der Waals surface area contributed by atoms with Crippen molar-refractivity contribution in [2.45, 2.75) is 18.7 Å². The monoisotopic (exact) mass is 537 g/mol. The Balaban J connectivity index is 1.45. The van der Waals surface area contributed by atoms with Crippen molar-refractivity contribution < 1.29 is 9.53 Å². The first kappa shape index (κ1) is 25.4. The second-order valence-corrected chi connectivity index (χ2v) is 10.7. The molecule has 0 spiro atoms. The summed E-state index contributed by atoms with van der Waals surface area (Å²) >= 11 is 3.11. The van der Waals surface area contributed by atoms with Gasteiger partial charge in [0.25, 0.3) is 5.91 Å². The van der Waals surface area contributed by atoms with Crippen molar-refractivity contribution in [3.05, 3.63) is 83.7 Å². The maximum absolute atomic E-state index is 13.4. The normalized spacial score (nSPS) is 10.8. The minimum absolute atomic E-state index is 0.349. The SMILES string of the molecule is CCSc1ccc(-c2ccc3nc(NC(=O)c4cnc(C)cc4-c4cc(C#N)ccc4OC)sc3n2)cc1. The van der Waals surface area contributed by atoms with Gasteiger partial charge in [0, 0.05) is 33.5 Å². The largest absolute Gasteiger partial charge is 0.496 e. The van der Waals surface area contributed by atoms with Crippen LogP contribution >= 0.6 is 23.1 Å². The quantitative estimate of drug-likeness (QED) is 0.224. The summed E-state index contributed by atoms with van der Waals surface area (Å²) in [5.41, 5.74) is 5.39. The van der Waals surface area contributed by atoms with E-state index < -0.39 is 0 Å². The van der Waals surface area contributed by atoms with E-state index in [2.05, 4.69) is 52.5 Å². The molecule has 0 saturated heterocycles. The molecule has 0 aliphatic carbocycles. The van der Waals surface area contributed by atoms with Crippen LogP contribution in [-0.4, -0.2) is 33.7 Å². The average Bonchev–Trinajstić information content (AvgIpc) is 3.34. The minimum Gasteiger partial charge on any atom is -0.496 e. The van der Waals surface area contributed by atoms with Gasteiger partial charge in [0.1, 0.15) is 16.1 Å². The molecule has 0 radical (unpaired) electrons. The van der Waals surface area contributed by atoms with Gasteiger partial charge in [-0.2, -0.15) is 5.26 Å². The summed E-state index contributed by atoms with van der Waals surface area (Å²) in [5.74, 6) is 1.22. The number of fused-ring (bicyclic) bond motifs is 1. The van der Waals surface area contributed by atoms with Gasteiger partial charge in [-0.3, -0.25) is 15.1 Å². The molecule has 3 heterocycles. The molecule has 1 amide bonds. The maximum Gasteiger partial charge on any atom is 0.259 e. The van der Waals surface area contributed by atoms with Gasteiger partial charge in [-0.1, -0.05) is 30.4 Å². The fraction of sp³-hybridized carbons (Fsp3) is 0.138. The number of nitrogens with one attached hydrogen (secondary N) is 1. The van der Waals surface area contributed by atoms with E-state index in [1.54, 1.807) is 37.1 Å². The van der Waals surface area contributed by atoms with Gasteiger partial charge in [0.15, 0.2) is 5.13 Å². The maximum atomic E-state index is 13.4. The fourth-order valence-electron chi connectivity index (χ4n) is 4.04. The Bertz CT molecular complexity index is 1690. The van der Waals surface area contributed by atoms with Crippen LogP contribution in [0.25, 0.3) is 32.7 Å². The van der Waals surface area contributed by atoms with Crippen LogP contribution in [0.1, 0.15) is 28.5 Å². The second kappa shape index (κ2) is 11.0. The Morgan fingerprint density at radius 2 is 1.89 bits per heavy atom. The Kier molecular flexibility index (Phi) is 7.36. The molecular weight excluding hydrogens is 514 g/mol. The lowest BCUT2D eigenvalue weighted by Crippen LogP contribution is -2.14. The van der Waals surface area contributed by atoms with Gasteiger partial charge in [0.05, 0.1) is 30.0 Å². The molecule has 2 aromatic carbocycles. The van der Waals surface area contributed by atoms with Gasteiger partial charge in [0.2, 0.25) is 0 Å². The molecule has 0 saturated carbocycles. The molecule has 9 heteroatoms. The molecule has 0 aliphatic rings. The van der Waals surface area contributed by atoms with Crippen molar-refractivity contribution in [3.8, 4) is 34.2 Å². The van der Waals surface area contributed by atoms with Crippen LogP contribution in [0, 0.1) is 18.3 Å². The number of nitrogens with zero attached hydrogens (tertiary/aromatic N) is 4. The summed E-state index contributed by atoms with van der Waals surface area (Å²) in [6.07, 6.45) is 1.53. The molecule has 0 unspecified atom stereocenters. The summed E-state index contributed by atoms with van der Waals surface area (Å²) in [6.45, 7) is 3.98. The Morgan fingerprint density at radius 1 is 1.08 bits per heavy atom. The van der Waals surface area contributed by atoms with Crippen LogP contribution in [0.5, 0.6) is 5.75 Å². The lowest BCUT2D eigenvalue weighted by molar-refractivity contribution is 0.102. The number of hydrogen-bond acceptors (Lipinski definition) is 8. The van der Waals surface area contributed by atoms with Gasteiger partial charge in [-0.05, 0) is 61.2 Å². The third-order valence-electron chi connectivity index (χ3n) is 5.84. The number of benzene rings is 2. The summed E-state index contributed by atoms with van der Waals surface area (Å²) in [6, 6.07) is 21.2. The van der Waals surface area contributed by atoms with Crippen molar-refractivity contribution >= 4 is 44.5 Å². The van der Waals surface area contributed by atoms with E-state index in [9.17, 15) is 10.1 Å². The number of anilines is 1. The molecular formula is C29H23N5O2S2. The molecule has 0 fully saturated rings. The van der Waals surface area contributed by atoms with Crippen LogP contribution in [-0.2, 0) is 0 Å². The Labute approximate surface area is 228 Å². The number of hydrogen-bond donors (Lipinski definition) is 1. The smallest absolute Gasteiger partial charge is 0.259 e. The summed E-state index contributed by atoms with van der Waals surface area (Å²) in [4.78, 5) is 29.0. The van der Waals surface area contributed by atoms with Crippen LogP contribution < -0.4 is 10.1 Å². The third-order valence-corrected chi connectivity index (χ3v) is 7.62. The predicted molar refractivity (Wildman–Crippen MR) is 153 cm³/mol. The second-order valence-electron chi connectivity index (χ2n) is 8.35. The highest BCUT2D eigenvalue weighted by molar-refractivity contribution is 7.99. The van der Waals surface area contributed by atoms with Crippen molar-refractivity contribution in [1.82, 2.24) is 15.0 Å². The van der Waals surface area contributed by atoms with E-state index in [4.69, 9.17) is 9.72 Å². The van der Waals surface area contributed by atoms with Crippen LogP contribution in [0.15, 0.2) is 71.8 Å². The average molecular weight is 538 g/mol. The summed E-state index contributed by atoms with van der Waals surface area (Å²) in [5, 5.41) is 12.7. The number of aromatic nitrogens is 3. The molecule has 0 atom stereocenters. The van der Waals surface area contributed by atoms with Crippen molar-refractivity contribution in [2.75, 3.05) is 18.2 Å². The number of amides is 1. The first-order chi connectivity index (χ1) is 18.5. The predicted octanol–water partition coefficient (Wildman–Crippen LogP) is 6.97. The molecule has 3 aromatic heterocycles. The van der Waals surface area contributed by atoms with Gasteiger partial charge in [-0.15, -0.1) is 11.8 Å². The number of aryl methyl sites for hydroxylation is 1. The zero-order valence-corrected chi connectivity index (χ0v) is 22.6. The topological polar surface area (TPSA) is 101 Å². The third kappa shape index (κ3) is 5.23. The van der Waals surface area contributed by atoms with Crippen molar-refractivity contribution in [1.29, 1.82) is 5.26 Å². The minimum atomic E-state index is -0.361. The number of ether oxygens (including phenoxy) is 1. The van der Waals surface area contributed by atoms with Crippen molar-refractivity contribution in [2.24, 2.45) is 0 Å². The van der Waals surface area contributed by atoms with E-state index >= 15 is 0 Å². The van der Waals surface area contributed by atoms with Gasteiger partial charge < -0.3 is 4.74 Å². The van der Waals surface area contributed by atoms with Crippen LogP contribution in [0.4, 0.5) is 5.13 Å². The molecule has 1 N–H and O–H groups in total. The fourth-order valence-corrected chi connectivity index (χ4v) is 5.53. The molecule has 7 nitrogen and oxygen atoms in total. The van der Waals surface area contributed by atoms with Crippen LogP contribution in [0.2, 0.25) is 0 Å². The molecule has 0 aliphatic heterocycles. The first-order valence-electron chi connectivity index (χ1n) is 11.9. The summed E-state index contributed by atoms with van der Waals surface area (Å²) < 4.78 is 5.52. The van der Waals surface area contributed by atoms with E-state index in [-0.39, 0.29) is 5.91 Å². The highest BCUT2D eigenvalue weighted by atomic mass is 32.2. The van der Waals surface area contributed by atoms with E-state index in [0.717, 1.165) is 27.5 Å². The number of carbonyl (C=O) groups is 1. The van der Waals surface area contributed by atoms with Crippen molar-refractivity contribution in [3.63, 3.8) is 0 Å². The van der Waals surface area contributed by atoms with E-state index in [1.165, 1.54) is 22.4 Å². The first-order valence-corrected chi connectivity index (χ1v) is 13.7. The highest BCUT2D eigenvalue weighted by Gasteiger charge is 2.19. The number of nitriles is 1. The summed E-state index contributed by atoms with van der Waals surface area (Å²) in [7, 11) is 1.56. The number of thioether (sulfide) groups is 1. The number of methoxy groups -OCH3 is 1. The van der Waals surface area contributed by atoms with Gasteiger partial charge in [-0.25, -0.2) is 9.97 Å². The molecule has 38 heavy (non-hydrogen) atoms. The van der Waals surface area contributed by atoms with E-state index in [0.29, 0.717) is 38.7 Å². The zero-order chi connectivity index (χ0) is 26.6. The lowest BCUT2D eigenvalue weighted by atomic mass is 9.97. The molecule has 0 bridgehead atoms. The number of carbonyl (C=O) groups excluding carboxylic acids is 1. The molecule has 188 valence electrons. The Hall–Kier alpha value is -4.26. The van der Waals surface area contributed by atoms with E-state index in [1.807, 2.05) is 25.1 Å². The highest BCUT2D eigenvalue weighted by Crippen LogP contribution is 2.35. The van der Waals surface area contributed by atoms with Crippen LogP contribution in [0.3, 0.4) is 0 Å². The molecule has 5 rings (SSSR count). The zero-order valence-electron chi connectivity index (χ0n) is 21.0. The molecule has 5 aromatic rings. The number of rotatable bonds is 7. The number of pyridine rings is 2. The van der Waals surface area contributed by atoms with Gasteiger partial charge >= 0.3 is 0 Å². The number of thiazole rings is 1. The lowest BCUT2D eigenvalue weighted by Gasteiger charge is -2.13.